The van der Waals surface area contributed by atoms with Crippen LogP contribution in [0.25, 0.3) is 0 Å². The van der Waals surface area contributed by atoms with E-state index in [1.54, 1.807) is 0 Å². The summed E-state index contributed by atoms with van der Waals surface area (Å²) in [5.41, 5.74) is -0.160. The minimum atomic E-state index is -4.62. The molecule has 0 N–H and O–H groups in total. The fourth-order valence-electron chi connectivity index (χ4n) is 1.39. The maximum atomic E-state index is 12.7. The summed E-state index contributed by atoms with van der Waals surface area (Å²) in [6.45, 7) is 0. The van der Waals surface area contributed by atoms with E-state index in [0.29, 0.717) is 0 Å². The van der Waals surface area contributed by atoms with Crippen molar-refractivity contribution in [3.05, 3.63) is 35.4 Å². The number of cyclic esters (lactones) is 1. The third-order valence-electron chi connectivity index (χ3n) is 2.09. The van der Waals surface area contributed by atoms with Crippen LogP contribution in [0, 0.1) is 0 Å². The smallest absolute Gasteiger partial charge is 0.430 e. The molecule has 80 valence electrons. The Bertz CT molecular complexity index is 430. The Morgan fingerprint density at radius 3 is 2.47 bits per heavy atom. The van der Waals surface area contributed by atoms with Crippen LogP contribution in [-0.4, -0.2) is 12.1 Å². The van der Waals surface area contributed by atoms with Crippen LogP contribution in [0.2, 0.25) is 0 Å². The molecule has 0 saturated heterocycles. The van der Waals surface area contributed by atoms with Crippen molar-refractivity contribution in [2.75, 3.05) is 0 Å². The van der Waals surface area contributed by atoms with Crippen molar-refractivity contribution < 1.29 is 22.7 Å². The summed E-state index contributed by atoms with van der Waals surface area (Å²) < 4.78 is 40.0. The molecular weight excluding hydrogens is 324 g/mol. The lowest BCUT2D eigenvalue weighted by Crippen LogP contribution is -2.36. The van der Waals surface area contributed by atoms with E-state index in [4.69, 9.17) is 0 Å². The normalized spacial score (nSPS) is 24.9. The van der Waals surface area contributed by atoms with Gasteiger partial charge in [0.05, 0.1) is 5.56 Å². The predicted octanol–water partition coefficient (Wildman–Crippen LogP) is 3.01. The number of halogens is 4. The van der Waals surface area contributed by atoms with Crippen LogP contribution in [0.1, 0.15) is 15.9 Å². The van der Waals surface area contributed by atoms with Gasteiger partial charge in [-0.05, 0) is 28.7 Å². The van der Waals surface area contributed by atoms with Gasteiger partial charge in [-0.2, -0.15) is 13.2 Å². The fourth-order valence-corrected chi connectivity index (χ4v) is 2.06. The van der Waals surface area contributed by atoms with Crippen molar-refractivity contribution in [3.8, 4) is 0 Å². The van der Waals surface area contributed by atoms with Crippen LogP contribution < -0.4 is 0 Å². The zero-order valence-corrected chi connectivity index (χ0v) is 9.30. The van der Waals surface area contributed by atoms with Gasteiger partial charge in [0.15, 0.2) is 0 Å². The van der Waals surface area contributed by atoms with Crippen LogP contribution in [0.15, 0.2) is 24.3 Å². The Morgan fingerprint density at radius 1 is 1.27 bits per heavy atom. The second-order valence-electron chi connectivity index (χ2n) is 3.03. The number of hydrogen-bond donors (Lipinski definition) is 0. The third kappa shape index (κ3) is 1.42. The zero-order chi connectivity index (χ0) is 11.3. The van der Waals surface area contributed by atoms with E-state index < -0.39 is 15.8 Å². The number of hydrogen-bond acceptors (Lipinski definition) is 2. The Morgan fingerprint density at radius 2 is 1.87 bits per heavy atom. The highest BCUT2D eigenvalue weighted by Gasteiger charge is 2.62. The number of benzene rings is 1. The van der Waals surface area contributed by atoms with Gasteiger partial charge < -0.3 is 4.74 Å². The fraction of sp³-hybridized carbons (Fsp3) is 0.222. The van der Waals surface area contributed by atoms with Crippen molar-refractivity contribution in [1.82, 2.24) is 0 Å². The number of fused-ring (bicyclic) bond motifs is 1. The van der Waals surface area contributed by atoms with Crippen LogP contribution >= 0.6 is 22.6 Å². The van der Waals surface area contributed by atoms with Crippen LogP contribution in [0.5, 0.6) is 0 Å². The molecule has 2 rings (SSSR count). The van der Waals surface area contributed by atoms with Gasteiger partial charge in [-0.25, -0.2) is 4.79 Å². The first-order valence-electron chi connectivity index (χ1n) is 3.95. The molecule has 1 unspecified atom stereocenters. The minimum absolute atomic E-state index is 0.0239. The Balaban J connectivity index is 2.63. The number of alkyl halides is 4. The molecule has 15 heavy (non-hydrogen) atoms. The summed E-state index contributed by atoms with van der Waals surface area (Å²) in [5.74, 6) is -0.933. The lowest BCUT2D eigenvalue weighted by atomic mass is 10.1. The first kappa shape index (κ1) is 10.7. The molecule has 6 heteroatoms. The van der Waals surface area contributed by atoms with Gasteiger partial charge in [0.2, 0.25) is 0 Å². The number of carbonyl (C=O) groups is 1. The molecule has 1 aromatic carbocycles. The molecule has 1 aromatic rings. The van der Waals surface area contributed by atoms with Gasteiger partial charge in [0.25, 0.3) is 3.61 Å². The van der Waals surface area contributed by atoms with Crippen LogP contribution in [-0.2, 0) is 8.34 Å². The van der Waals surface area contributed by atoms with Gasteiger partial charge in [-0.3, -0.25) is 0 Å². The second-order valence-corrected chi connectivity index (χ2v) is 4.55. The van der Waals surface area contributed by atoms with E-state index in [1.165, 1.54) is 24.3 Å². The quantitative estimate of drug-likeness (QED) is 0.416. The van der Waals surface area contributed by atoms with Crippen LogP contribution in [0.4, 0.5) is 13.2 Å². The minimum Gasteiger partial charge on any atom is -0.430 e. The maximum absolute atomic E-state index is 12.7. The molecule has 2 nitrogen and oxygen atoms in total. The average molecular weight is 328 g/mol. The molecule has 0 aliphatic carbocycles. The Kier molecular flexibility index (Phi) is 2.21. The van der Waals surface area contributed by atoms with Gasteiger partial charge in [-0.15, -0.1) is 0 Å². The standard InChI is InChI=1S/C9H4F3IO2/c10-9(11,12)8(13)6-4-2-1-3-5(6)7(14)15-8/h1-4H. The molecule has 0 aromatic heterocycles. The van der Waals surface area contributed by atoms with E-state index in [-0.39, 0.29) is 11.1 Å². The van der Waals surface area contributed by atoms with Gasteiger partial charge >= 0.3 is 12.1 Å². The maximum Gasteiger partial charge on any atom is 0.442 e. The van der Waals surface area contributed by atoms with E-state index in [2.05, 4.69) is 4.74 Å². The van der Waals surface area contributed by atoms with Crippen molar-refractivity contribution in [2.24, 2.45) is 0 Å². The second kappa shape index (κ2) is 3.10. The summed E-state index contributed by atoms with van der Waals surface area (Å²) >= 11 is 1.11. The van der Waals surface area contributed by atoms with E-state index >= 15 is 0 Å². The topological polar surface area (TPSA) is 26.3 Å². The SMILES string of the molecule is O=C1OC(I)(C(F)(F)F)c2ccccc21. The van der Waals surface area contributed by atoms with E-state index in [1.807, 2.05) is 0 Å². The number of carbonyl (C=O) groups excluding carboxylic acids is 1. The molecular formula is C9H4F3IO2. The van der Waals surface area contributed by atoms with E-state index in [0.717, 1.165) is 22.6 Å². The van der Waals surface area contributed by atoms with E-state index in [9.17, 15) is 18.0 Å². The molecule has 1 atom stereocenters. The molecule has 0 amide bonds. The predicted molar refractivity (Wildman–Crippen MR) is 53.6 cm³/mol. The third-order valence-corrected chi connectivity index (χ3v) is 3.50. The summed E-state index contributed by atoms with van der Waals surface area (Å²) in [4.78, 5) is 11.2. The number of ether oxygens (including phenoxy) is 1. The van der Waals surface area contributed by atoms with Crippen molar-refractivity contribution in [1.29, 1.82) is 0 Å². The Hall–Kier alpha value is -0.790. The molecule has 0 fully saturated rings. The van der Waals surface area contributed by atoms with Crippen molar-refractivity contribution in [2.45, 2.75) is 9.78 Å². The molecule has 0 radical (unpaired) electrons. The monoisotopic (exact) mass is 328 g/mol. The first-order chi connectivity index (χ1) is 6.86. The number of esters is 1. The van der Waals surface area contributed by atoms with Crippen LogP contribution in [0.3, 0.4) is 0 Å². The molecule has 1 aliphatic rings. The summed E-state index contributed by atoms with van der Waals surface area (Å²) in [6, 6.07) is 5.52. The first-order valence-corrected chi connectivity index (χ1v) is 5.02. The molecule has 1 heterocycles. The highest BCUT2D eigenvalue weighted by Crippen LogP contribution is 2.52. The lowest BCUT2D eigenvalue weighted by Gasteiger charge is -2.24. The molecule has 0 saturated carbocycles. The van der Waals surface area contributed by atoms with Crippen molar-refractivity contribution in [3.63, 3.8) is 0 Å². The zero-order valence-electron chi connectivity index (χ0n) is 7.14. The summed E-state index contributed by atoms with van der Waals surface area (Å²) in [6.07, 6.45) is -4.62. The number of rotatable bonds is 0. The average Bonchev–Trinajstić information content (AvgIpc) is 2.41. The van der Waals surface area contributed by atoms with Gasteiger partial charge in [0.1, 0.15) is 0 Å². The molecule has 0 spiro atoms. The molecule has 1 aliphatic heterocycles. The van der Waals surface area contributed by atoms with Crippen molar-refractivity contribution >= 4 is 28.6 Å². The lowest BCUT2D eigenvalue weighted by molar-refractivity contribution is -0.212. The summed E-state index contributed by atoms with van der Waals surface area (Å²) in [5, 5.41) is 0. The Labute approximate surface area is 96.6 Å². The van der Waals surface area contributed by atoms with Gasteiger partial charge in [-0.1, -0.05) is 18.2 Å². The highest BCUT2D eigenvalue weighted by molar-refractivity contribution is 14.1. The van der Waals surface area contributed by atoms with Gasteiger partial charge in [0, 0.05) is 5.56 Å². The highest BCUT2D eigenvalue weighted by atomic mass is 127. The largest absolute Gasteiger partial charge is 0.442 e. The molecule has 0 bridgehead atoms. The summed E-state index contributed by atoms with van der Waals surface area (Å²) in [7, 11) is 0.